The maximum atomic E-state index is 13.4. The van der Waals surface area contributed by atoms with Gasteiger partial charge >= 0.3 is 0 Å². The van der Waals surface area contributed by atoms with E-state index in [1.807, 2.05) is 0 Å². The van der Waals surface area contributed by atoms with Crippen molar-refractivity contribution in [3.05, 3.63) is 40.7 Å². The van der Waals surface area contributed by atoms with Crippen molar-refractivity contribution in [2.24, 2.45) is 0 Å². The fourth-order valence-corrected chi connectivity index (χ4v) is 1.42. The summed E-state index contributed by atoms with van der Waals surface area (Å²) in [6, 6.07) is 4.26. The fraction of sp³-hybridized carbons (Fsp3) is 0. The van der Waals surface area contributed by atoms with Crippen LogP contribution in [0.4, 0.5) is 10.3 Å². The Morgan fingerprint density at radius 1 is 1.50 bits per heavy atom. The molecule has 1 aromatic carbocycles. The van der Waals surface area contributed by atoms with Crippen LogP contribution in [0, 0.1) is 5.82 Å². The van der Waals surface area contributed by atoms with Gasteiger partial charge in [0, 0.05) is 11.6 Å². The molecule has 2 rings (SSSR count). The van der Waals surface area contributed by atoms with Gasteiger partial charge in [0.15, 0.2) is 0 Å². The van der Waals surface area contributed by atoms with Crippen molar-refractivity contribution in [1.29, 1.82) is 0 Å². The lowest BCUT2D eigenvalue weighted by Crippen LogP contribution is -2.09. The average molecular weight is 268 g/mol. The van der Waals surface area contributed by atoms with Crippen LogP contribution in [0.15, 0.2) is 24.3 Å². The van der Waals surface area contributed by atoms with Gasteiger partial charge in [0.1, 0.15) is 5.82 Å². The Morgan fingerprint density at radius 2 is 2.33 bits per heavy atom. The molecule has 1 heterocycles. The molecule has 1 amide bonds. The van der Waals surface area contributed by atoms with Gasteiger partial charge in [-0.3, -0.25) is 10.1 Å². The number of carbonyl (C=O) groups excluding carboxylic acids is 1. The zero-order chi connectivity index (χ0) is 13.0. The molecular formula is C10H7ClFN5O. The standard InChI is InChI=1S/C10H7ClFN5O/c11-7-2-1-3-8(12)6(7)4-5-9(18)13-10-14-16-17-15-10/h1-5H,(H2,13,14,15,16,17,18)/b5-4+. The maximum absolute atomic E-state index is 13.4. The highest BCUT2D eigenvalue weighted by atomic mass is 35.5. The lowest BCUT2D eigenvalue weighted by Gasteiger charge is -1.99. The Balaban J connectivity index is 2.09. The normalized spacial score (nSPS) is 10.8. The van der Waals surface area contributed by atoms with Crippen molar-refractivity contribution < 1.29 is 9.18 Å². The van der Waals surface area contributed by atoms with Gasteiger partial charge in [0.25, 0.3) is 11.9 Å². The van der Waals surface area contributed by atoms with Crippen LogP contribution >= 0.6 is 11.6 Å². The molecule has 0 radical (unpaired) electrons. The van der Waals surface area contributed by atoms with Gasteiger partial charge in [-0.25, -0.2) is 4.39 Å². The van der Waals surface area contributed by atoms with Gasteiger partial charge in [-0.1, -0.05) is 22.8 Å². The monoisotopic (exact) mass is 267 g/mol. The number of anilines is 1. The van der Waals surface area contributed by atoms with Gasteiger partial charge in [-0.2, -0.15) is 5.21 Å². The molecule has 0 aliphatic carbocycles. The summed E-state index contributed by atoms with van der Waals surface area (Å²) in [5, 5.41) is 15.1. The zero-order valence-electron chi connectivity index (χ0n) is 8.89. The first-order valence-electron chi connectivity index (χ1n) is 4.83. The Morgan fingerprint density at radius 3 is 3.00 bits per heavy atom. The highest BCUT2D eigenvalue weighted by molar-refractivity contribution is 6.32. The first-order valence-corrected chi connectivity index (χ1v) is 5.21. The summed E-state index contributed by atoms with van der Waals surface area (Å²) in [7, 11) is 0. The highest BCUT2D eigenvalue weighted by Crippen LogP contribution is 2.20. The number of rotatable bonds is 3. The average Bonchev–Trinajstić information content (AvgIpc) is 2.81. The quantitative estimate of drug-likeness (QED) is 0.828. The van der Waals surface area contributed by atoms with Gasteiger partial charge in [0.2, 0.25) is 0 Å². The van der Waals surface area contributed by atoms with Crippen LogP contribution in [0.3, 0.4) is 0 Å². The summed E-state index contributed by atoms with van der Waals surface area (Å²) in [6.45, 7) is 0. The van der Waals surface area contributed by atoms with Crippen molar-refractivity contribution in [3.63, 3.8) is 0 Å². The van der Waals surface area contributed by atoms with E-state index in [0.717, 1.165) is 6.08 Å². The number of aromatic nitrogens is 4. The molecule has 18 heavy (non-hydrogen) atoms. The zero-order valence-corrected chi connectivity index (χ0v) is 9.65. The molecule has 0 fully saturated rings. The summed E-state index contributed by atoms with van der Waals surface area (Å²) in [6.07, 6.45) is 2.40. The van der Waals surface area contributed by atoms with Gasteiger partial charge in [-0.05, 0) is 23.4 Å². The second-order valence-corrected chi connectivity index (χ2v) is 3.60. The van der Waals surface area contributed by atoms with Crippen LogP contribution in [0.25, 0.3) is 6.08 Å². The number of amides is 1. The third kappa shape index (κ3) is 2.89. The SMILES string of the molecule is O=C(/C=C/c1c(F)cccc1Cl)Nc1nn[nH]n1. The third-order valence-electron chi connectivity index (χ3n) is 1.98. The number of aromatic amines is 1. The number of nitrogens with zero attached hydrogens (tertiary/aromatic N) is 3. The van der Waals surface area contributed by atoms with E-state index in [9.17, 15) is 9.18 Å². The molecular weight excluding hydrogens is 261 g/mol. The number of H-pyrrole nitrogens is 1. The first-order chi connectivity index (χ1) is 8.66. The van der Waals surface area contributed by atoms with Crippen molar-refractivity contribution in [2.45, 2.75) is 0 Å². The minimum atomic E-state index is -0.518. The van der Waals surface area contributed by atoms with E-state index in [4.69, 9.17) is 11.6 Å². The lowest BCUT2D eigenvalue weighted by molar-refractivity contribution is -0.111. The number of hydrogen-bond donors (Lipinski definition) is 2. The van der Waals surface area contributed by atoms with Crippen molar-refractivity contribution >= 4 is 29.5 Å². The summed E-state index contributed by atoms with van der Waals surface area (Å²) < 4.78 is 13.4. The minimum Gasteiger partial charge on any atom is -0.288 e. The van der Waals surface area contributed by atoms with Gasteiger partial charge in [-0.15, -0.1) is 5.10 Å². The molecule has 92 valence electrons. The highest BCUT2D eigenvalue weighted by Gasteiger charge is 2.05. The molecule has 0 unspecified atom stereocenters. The maximum Gasteiger partial charge on any atom is 0.270 e. The van der Waals surface area contributed by atoms with Crippen molar-refractivity contribution in [3.8, 4) is 0 Å². The van der Waals surface area contributed by atoms with E-state index in [0.29, 0.717) is 0 Å². The van der Waals surface area contributed by atoms with Crippen LogP contribution < -0.4 is 5.32 Å². The van der Waals surface area contributed by atoms with Crippen molar-refractivity contribution in [2.75, 3.05) is 5.32 Å². The summed E-state index contributed by atoms with van der Waals surface area (Å²) in [5.74, 6) is -0.994. The molecule has 6 nitrogen and oxygen atoms in total. The van der Waals surface area contributed by atoms with E-state index < -0.39 is 11.7 Å². The molecule has 2 N–H and O–H groups in total. The molecule has 8 heteroatoms. The molecule has 0 saturated heterocycles. The molecule has 0 bridgehead atoms. The number of carbonyl (C=O) groups is 1. The molecule has 0 aliphatic heterocycles. The molecule has 1 aromatic heterocycles. The second-order valence-electron chi connectivity index (χ2n) is 3.19. The number of benzene rings is 1. The smallest absolute Gasteiger partial charge is 0.270 e. The Hall–Kier alpha value is -2.28. The predicted molar refractivity (Wildman–Crippen MR) is 63.3 cm³/mol. The van der Waals surface area contributed by atoms with E-state index in [2.05, 4.69) is 25.9 Å². The lowest BCUT2D eigenvalue weighted by atomic mass is 10.2. The first kappa shape index (κ1) is 12.2. The molecule has 0 aliphatic rings. The second kappa shape index (κ2) is 5.37. The molecule has 2 aromatic rings. The Labute approximate surface area is 106 Å². The third-order valence-corrected chi connectivity index (χ3v) is 2.31. The Bertz CT molecular complexity index is 564. The van der Waals surface area contributed by atoms with Crippen LogP contribution in [-0.2, 0) is 4.79 Å². The van der Waals surface area contributed by atoms with E-state index in [1.54, 1.807) is 0 Å². The summed E-state index contributed by atoms with van der Waals surface area (Å²) >= 11 is 5.79. The van der Waals surface area contributed by atoms with Gasteiger partial charge in [0.05, 0.1) is 5.02 Å². The molecule has 0 saturated carbocycles. The molecule has 0 spiro atoms. The van der Waals surface area contributed by atoms with Crippen LogP contribution in [0.5, 0.6) is 0 Å². The summed E-state index contributed by atoms with van der Waals surface area (Å²) in [4.78, 5) is 11.4. The minimum absolute atomic E-state index is 0.0317. The number of tetrazole rings is 1. The van der Waals surface area contributed by atoms with Crippen LogP contribution in [0.2, 0.25) is 5.02 Å². The number of nitrogens with one attached hydrogen (secondary N) is 2. The Kier molecular flexibility index (Phi) is 3.63. The topological polar surface area (TPSA) is 83.6 Å². The fourth-order valence-electron chi connectivity index (χ4n) is 1.20. The largest absolute Gasteiger partial charge is 0.288 e. The number of halogens is 2. The van der Waals surface area contributed by atoms with Crippen molar-refractivity contribution in [1.82, 2.24) is 20.6 Å². The number of hydrogen-bond acceptors (Lipinski definition) is 4. The molecule has 0 atom stereocenters. The predicted octanol–water partition coefficient (Wildman–Crippen LogP) is 1.64. The van der Waals surface area contributed by atoms with E-state index in [1.165, 1.54) is 24.3 Å². The van der Waals surface area contributed by atoms with E-state index in [-0.39, 0.29) is 16.5 Å². The van der Waals surface area contributed by atoms with Crippen LogP contribution in [-0.4, -0.2) is 26.5 Å². The summed E-state index contributed by atoms with van der Waals surface area (Å²) in [5.41, 5.74) is 0.141. The van der Waals surface area contributed by atoms with Gasteiger partial charge < -0.3 is 0 Å². The van der Waals surface area contributed by atoms with Crippen LogP contribution in [0.1, 0.15) is 5.56 Å². The van der Waals surface area contributed by atoms with E-state index >= 15 is 0 Å².